The van der Waals surface area contributed by atoms with E-state index in [4.69, 9.17) is 5.26 Å². The van der Waals surface area contributed by atoms with E-state index in [2.05, 4.69) is 31.7 Å². The van der Waals surface area contributed by atoms with Gasteiger partial charge in [0.25, 0.3) is 0 Å². The van der Waals surface area contributed by atoms with E-state index >= 15 is 0 Å². The Bertz CT molecular complexity index is 173. The van der Waals surface area contributed by atoms with Gasteiger partial charge in [0.1, 0.15) is 0 Å². The lowest BCUT2D eigenvalue weighted by atomic mass is 9.92. The van der Waals surface area contributed by atoms with Crippen molar-refractivity contribution in [2.24, 2.45) is 0 Å². The molecule has 62 valence electrons. The molecule has 1 aliphatic heterocycles. The van der Waals surface area contributed by atoms with Crippen LogP contribution >= 0.6 is 0 Å². The molecule has 0 bridgehead atoms. The van der Waals surface area contributed by atoms with Gasteiger partial charge in [-0.15, -0.1) is 0 Å². The van der Waals surface area contributed by atoms with Gasteiger partial charge in [-0.2, -0.15) is 5.26 Å². The molecule has 1 atom stereocenters. The number of nitrogens with zero attached hydrogens (tertiary/aromatic N) is 2. The van der Waals surface area contributed by atoms with E-state index in [1.165, 1.54) is 6.42 Å². The number of hydrogen-bond acceptors (Lipinski definition) is 2. The Morgan fingerprint density at radius 2 is 2.18 bits per heavy atom. The minimum atomic E-state index is 0.250. The fraction of sp³-hybridized carbons (Fsp3) is 0.889. The van der Waals surface area contributed by atoms with Crippen LogP contribution in [0.4, 0.5) is 0 Å². The molecule has 1 aliphatic rings. The van der Waals surface area contributed by atoms with Crippen LogP contribution in [-0.2, 0) is 0 Å². The fourth-order valence-corrected chi connectivity index (χ4v) is 1.64. The molecule has 0 amide bonds. The van der Waals surface area contributed by atoms with E-state index < -0.39 is 0 Å². The maximum absolute atomic E-state index is 8.51. The summed E-state index contributed by atoms with van der Waals surface area (Å²) in [7, 11) is 0. The largest absolute Gasteiger partial charge is 0.294 e. The number of nitriles is 1. The van der Waals surface area contributed by atoms with Gasteiger partial charge < -0.3 is 0 Å². The summed E-state index contributed by atoms with van der Waals surface area (Å²) >= 11 is 0. The average Bonchev–Trinajstić information content (AvgIpc) is 1.75. The highest BCUT2D eigenvalue weighted by Crippen LogP contribution is 2.28. The van der Waals surface area contributed by atoms with Gasteiger partial charge in [-0.3, -0.25) is 4.90 Å². The van der Waals surface area contributed by atoms with Crippen LogP contribution in [0.1, 0.15) is 33.6 Å². The van der Waals surface area contributed by atoms with E-state index in [0.29, 0.717) is 12.5 Å². The third-order valence-corrected chi connectivity index (χ3v) is 2.33. The molecule has 0 aromatic heterocycles. The average molecular weight is 152 g/mol. The molecule has 1 rings (SSSR count). The predicted molar refractivity (Wildman–Crippen MR) is 45.1 cm³/mol. The van der Waals surface area contributed by atoms with Gasteiger partial charge in [-0.25, -0.2) is 0 Å². The quantitative estimate of drug-likeness (QED) is 0.572. The Morgan fingerprint density at radius 3 is 2.45 bits per heavy atom. The molecule has 1 fully saturated rings. The Morgan fingerprint density at radius 1 is 1.55 bits per heavy atom. The molecule has 11 heavy (non-hydrogen) atoms. The first-order valence-corrected chi connectivity index (χ1v) is 4.19. The van der Waals surface area contributed by atoms with Crippen LogP contribution in [-0.4, -0.2) is 23.0 Å². The maximum Gasteiger partial charge on any atom is 0.0638 e. The van der Waals surface area contributed by atoms with Crippen molar-refractivity contribution in [1.82, 2.24) is 4.90 Å². The fourth-order valence-electron chi connectivity index (χ4n) is 1.64. The molecule has 0 spiro atoms. The van der Waals surface area contributed by atoms with Crippen LogP contribution in [0.25, 0.3) is 0 Å². The second-order valence-corrected chi connectivity index (χ2v) is 4.17. The molecule has 1 saturated heterocycles. The Labute approximate surface area is 68.8 Å². The molecule has 0 radical (unpaired) electrons. The van der Waals surface area contributed by atoms with Crippen molar-refractivity contribution in [2.75, 3.05) is 6.54 Å². The first kappa shape index (κ1) is 8.55. The van der Waals surface area contributed by atoms with E-state index in [1.807, 2.05) is 0 Å². The van der Waals surface area contributed by atoms with Crippen LogP contribution in [0, 0.1) is 11.3 Å². The van der Waals surface area contributed by atoms with Gasteiger partial charge in [0, 0.05) is 18.1 Å². The zero-order valence-electron chi connectivity index (χ0n) is 7.59. The van der Waals surface area contributed by atoms with Crippen molar-refractivity contribution in [2.45, 2.75) is 45.2 Å². The van der Waals surface area contributed by atoms with Crippen molar-refractivity contribution < 1.29 is 0 Å². The monoisotopic (exact) mass is 152 g/mol. The Kier molecular flexibility index (Phi) is 2.20. The SMILES string of the molecule is CC(C)(C)N1CCC1CC#N. The summed E-state index contributed by atoms with van der Waals surface area (Å²) in [4.78, 5) is 2.40. The Balaban J connectivity index is 2.45. The first-order valence-electron chi connectivity index (χ1n) is 4.19. The van der Waals surface area contributed by atoms with E-state index in [9.17, 15) is 0 Å². The first-order chi connectivity index (χ1) is 5.05. The molecule has 0 aliphatic carbocycles. The summed E-state index contributed by atoms with van der Waals surface area (Å²) in [5.41, 5.74) is 0.250. The number of rotatable bonds is 1. The second-order valence-electron chi connectivity index (χ2n) is 4.17. The van der Waals surface area contributed by atoms with Gasteiger partial charge >= 0.3 is 0 Å². The smallest absolute Gasteiger partial charge is 0.0638 e. The summed E-state index contributed by atoms with van der Waals surface area (Å²) in [6, 6.07) is 2.76. The van der Waals surface area contributed by atoms with Crippen molar-refractivity contribution >= 4 is 0 Å². The highest BCUT2D eigenvalue weighted by atomic mass is 15.3. The van der Waals surface area contributed by atoms with Crippen LogP contribution in [0.2, 0.25) is 0 Å². The van der Waals surface area contributed by atoms with Gasteiger partial charge in [-0.05, 0) is 27.2 Å². The molecule has 0 aromatic rings. The highest BCUT2D eigenvalue weighted by molar-refractivity contribution is 4.95. The minimum Gasteiger partial charge on any atom is -0.294 e. The summed E-state index contributed by atoms with van der Waals surface area (Å²) in [5.74, 6) is 0. The molecular weight excluding hydrogens is 136 g/mol. The van der Waals surface area contributed by atoms with Gasteiger partial charge in [0.05, 0.1) is 12.5 Å². The van der Waals surface area contributed by atoms with Gasteiger partial charge in [-0.1, -0.05) is 0 Å². The normalized spacial score (nSPS) is 25.8. The molecule has 1 unspecified atom stereocenters. The topological polar surface area (TPSA) is 27.0 Å². The predicted octanol–water partition coefficient (Wildman–Crippen LogP) is 1.77. The summed E-state index contributed by atoms with van der Waals surface area (Å²) < 4.78 is 0. The second kappa shape index (κ2) is 2.83. The molecule has 1 heterocycles. The number of likely N-dealkylation sites (tertiary alicyclic amines) is 1. The van der Waals surface area contributed by atoms with Crippen molar-refractivity contribution in [3.05, 3.63) is 0 Å². The molecule has 0 saturated carbocycles. The van der Waals surface area contributed by atoms with Crippen molar-refractivity contribution in [1.29, 1.82) is 5.26 Å². The minimum absolute atomic E-state index is 0.250. The molecule has 0 aromatic carbocycles. The lowest BCUT2D eigenvalue weighted by molar-refractivity contribution is 0.00451. The summed E-state index contributed by atoms with van der Waals surface area (Å²) in [5, 5.41) is 8.51. The summed E-state index contributed by atoms with van der Waals surface area (Å²) in [6.07, 6.45) is 1.89. The highest BCUT2D eigenvalue weighted by Gasteiger charge is 2.35. The molecule has 2 nitrogen and oxygen atoms in total. The van der Waals surface area contributed by atoms with E-state index in [1.54, 1.807) is 0 Å². The Hall–Kier alpha value is -0.550. The third kappa shape index (κ3) is 1.72. The van der Waals surface area contributed by atoms with Gasteiger partial charge in [0.15, 0.2) is 0 Å². The zero-order chi connectivity index (χ0) is 8.48. The lowest BCUT2D eigenvalue weighted by Gasteiger charge is -2.48. The molecular formula is C9H16N2. The maximum atomic E-state index is 8.51. The summed E-state index contributed by atoms with van der Waals surface area (Å²) in [6.45, 7) is 7.78. The molecule has 2 heteroatoms. The van der Waals surface area contributed by atoms with Crippen LogP contribution in [0.5, 0.6) is 0 Å². The van der Waals surface area contributed by atoms with E-state index in [0.717, 1.165) is 6.54 Å². The third-order valence-electron chi connectivity index (χ3n) is 2.33. The standard InChI is InChI=1S/C9H16N2/c1-9(2,3)11-7-5-8(11)4-6-10/h8H,4-5,7H2,1-3H3. The zero-order valence-corrected chi connectivity index (χ0v) is 7.59. The van der Waals surface area contributed by atoms with E-state index in [-0.39, 0.29) is 5.54 Å². The van der Waals surface area contributed by atoms with Gasteiger partial charge in [0.2, 0.25) is 0 Å². The van der Waals surface area contributed by atoms with Crippen LogP contribution in [0.3, 0.4) is 0 Å². The van der Waals surface area contributed by atoms with Crippen molar-refractivity contribution in [3.63, 3.8) is 0 Å². The van der Waals surface area contributed by atoms with Crippen LogP contribution in [0.15, 0.2) is 0 Å². The lowest BCUT2D eigenvalue weighted by Crippen LogP contribution is -2.56. The number of hydrogen-bond donors (Lipinski definition) is 0. The van der Waals surface area contributed by atoms with Crippen molar-refractivity contribution in [3.8, 4) is 6.07 Å². The van der Waals surface area contributed by atoms with Crippen LogP contribution < -0.4 is 0 Å². The molecule has 0 N–H and O–H groups in total.